The zero-order valence-corrected chi connectivity index (χ0v) is 11.7. The maximum Gasteiger partial charge on any atom is 0.305 e. The first-order valence-electron chi connectivity index (χ1n) is 6.39. The maximum atomic E-state index is 12.2. The van der Waals surface area contributed by atoms with Crippen LogP contribution in [0.5, 0.6) is 0 Å². The number of rotatable bonds is 5. The number of hydrogen-bond donors (Lipinski definition) is 2. The summed E-state index contributed by atoms with van der Waals surface area (Å²) in [6, 6.07) is 6.31. The van der Waals surface area contributed by atoms with Crippen molar-refractivity contribution in [3.63, 3.8) is 0 Å². The van der Waals surface area contributed by atoms with Crippen molar-refractivity contribution in [2.75, 3.05) is 0 Å². The van der Waals surface area contributed by atoms with E-state index in [1.54, 1.807) is 38.1 Å². The lowest BCUT2D eigenvalue weighted by Gasteiger charge is -2.12. The predicted molar refractivity (Wildman–Crippen MR) is 73.7 cm³/mol. The highest BCUT2D eigenvalue weighted by Gasteiger charge is 2.18. The van der Waals surface area contributed by atoms with E-state index >= 15 is 0 Å². The van der Waals surface area contributed by atoms with E-state index in [-0.39, 0.29) is 18.2 Å². The van der Waals surface area contributed by atoms with Gasteiger partial charge < -0.3 is 14.9 Å². The van der Waals surface area contributed by atoms with Crippen molar-refractivity contribution in [3.05, 3.63) is 35.7 Å². The van der Waals surface area contributed by atoms with Crippen LogP contribution < -0.4 is 5.32 Å². The van der Waals surface area contributed by atoms with Crippen LogP contribution >= 0.6 is 0 Å². The quantitative estimate of drug-likeness (QED) is 0.866. The summed E-state index contributed by atoms with van der Waals surface area (Å²) < 4.78 is 5.08. The van der Waals surface area contributed by atoms with Gasteiger partial charge in [0.1, 0.15) is 0 Å². The Morgan fingerprint density at radius 2 is 2.10 bits per heavy atom. The van der Waals surface area contributed by atoms with Gasteiger partial charge >= 0.3 is 5.97 Å². The van der Waals surface area contributed by atoms with E-state index in [0.29, 0.717) is 17.0 Å². The molecule has 2 N–H and O–H groups in total. The van der Waals surface area contributed by atoms with Gasteiger partial charge in [-0.3, -0.25) is 9.59 Å². The number of carboxylic acids is 1. The number of nitrogens with one attached hydrogen (secondary N) is 1. The third kappa shape index (κ3) is 3.65. The van der Waals surface area contributed by atoms with Crippen LogP contribution in [0.25, 0.3) is 11.5 Å². The predicted octanol–water partition coefficient (Wildman–Crippen LogP) is 1.64. The zero-order chi connectivity index (χ0) is 15.4. The number of benzene rings is 1. The van der Waals surface area contributed by atoms with Gasteiger partial charge in [-0.15, -0.1) is 0 Å². The van der Waals surface area contributed by atoms with Crippen LogP contribution in [0.1, 0.15) is 29.5 Å². The molecule has 21 heavy (non-hydrogen) atoms. The Labute approximate surface area is 121 Å². The van der Waals surface area contributed by atoms with E-state index in [1.165, 1.54) is 0 Å². The lowest BCUT2D eigenvalue weighted by Crippen LogP contribution is -2.34. The minimum Gasteiger partial charge on any atom is -0.481 e. The molecule has 0 aliphatic carbocycles. The topological polar surface area (TPSA) is 105 Å². The number of aromatic nitrogens is 2. The molecule has 0 saturated heterocycles. The first-order chi connectivity index (χ1) is 9.97. The van der Waals surface area contributed by atoms with Crippen molar-refractivity contribution < 1.29 is 19.2 Å². The normalized spacial score (nSPS) is 11.9. The summed E-state index contributed by atoms with van der Waals surface area (Å²) in [6.45, 7) is 3.32. The molecule has 110 valence electrons. The first-order valence-corrected chi connectivity index (χ1v) is 6.39. The van der Waals surface area contributed by atoms with Gasteiger partial charge in [0.15, 0.2) is 5.82 Å². The second-order valence-electron chi connectivity index (χ2n) is 4.66. The lowest BCUT2D eigenvalue weighted by atomic mass is 10.1. The first kappa shape index (κ1) is 14.7. The molecule has 0 aliphatic heterocycles. The van der Waals surface area contributed by atoms with Crippen LogP contribution in [0.15, 0.2) is 28.8 Å². The van der Waals surface area contributed by atoms with Crippen LogP contribution in [-0.2, 0) is 4.79 Å². The van der Waals surface area contributed by atoms with E-state index < -0.39 is 12.0 Å². The molecule has 1 atom stereocenters. The molecule has 1 aromatic heterocycles. The van der Waals surface area contributed by atoms with Gasteiger partial charge in [0, 0.05) is 6.04 Å². The molecule has 0 spiro atoms. The summed E-state index contributed by atoms with van der Waals surface area (Å²) in [5.41, 5.74) is 0.872. The van der Waals surface area contributed by atoms with Crippen molar-refractivity contribution in [3.8, 4) is 11.5 Å². The Hall–Kier alpha value is -2.70. The van der Waals surface area contributed by atoms with Gasteiger partial charge in [-0.05, 0) is 26.0 Å². The number of aryl methyl sites for hydroxylation is 1. The number of hydrogen-bond acceptors (Lipinski definition) is 5. The monoisotopic (exact) mass is 289 g/mol. The highest BCUT2D eigenvalue weighted by atomic mass is 16.5. The molecule has 0 aliphatic rings. The fourth-order valence-corrected chi connectivity index (χ4v) is 1.89. The molecule has 2 aromatic rings. The number of carboxylic acid groups (broad SMARTS) is 1. The van der Waals surface area contributed by atoms with E-state index in [0.717, 1.165) is 0 Å². The minimum absolute atomic E-state index is 0.145. The second kappa shape index (κ2) is 6.17. The van der Waals surface area contributed by atoms with E-state index in [4.69, 9.17) is 9.63 Å². The second-order valence-corrected chi connectivity index (χ2v) is 4.66. The number of carbonyl (C=O) groups excluding carboxylic acids is 1. The standard InChI is InChI=1S/C14H15N3O4/c1-8(7-12(18)19)15-13(20)10-5-3-4-6-11(10)14-16-9(2)17-21-14/h3-6,8H,7H2,1-2H3,(H,15,20)(H,18,19). The van der Waals surface area contributed by atoms with Gasteiger partial charge in [0.25, 0.3) is 11.8 Å². The van der Waals surface area contributed by atoms with Crippen molar-refractivity contribution in [1.82, 2.24) is 15.5 Å². The average molecular weight is 289 g/mol. The summed E-state index contributed by atoms with van der Waals surface area (Å²) in [4.78, 5) is 27.0. The highest BCUT2D eigenvalue weighted by molar-refractivity contribution is 6.00. The third-order valence-electron chi connectivity index (χ3n) is 2.79. The van der Waals surface area contributed by atoms with Gasteiger partial charge in [-0.2, -0.15) is 4.98 Å². The Bertz CT molecular complexity index is 666. The molecule has 1 aromatic carbocycles. The number of carbonyl (C=O) groups is 2. The van der Waals surface area contributed by atoms with Crippen molar-refractivity contribution in [2.24, 2.45) is 0 Å². The largest absolute Gasteiger partial charge is 0.481 e. The van der Waals surface area contributed by atoms with Gasteiger partial charge in [0.2, 0.25) is 0 Å². The Balaban J connectivity index is 2.24. The molecule has 0 fully saturated rings. The smallest absolute Gasteiger partial charge is 0.305 e. The molecule has 0 saturated carbocycles. The fourth-order valence-electron chi connectivity index (χ4n) is 1.89. The molecule has 0 radical (unpaired) electrons. The molecule has 2 rings (SSSR count). The number of nitrogens with zero attached hydrogens (tertiary/aromatic N) is 2. The molecular formula is C14H15N3O4. The zero-order valence-electron chi connectivity index (χ0n) is 11.7. The number of amides is 1. The molecule has 1 unspecified atom stereocenters. The van der Waals surface area contributed by atoms with Crippen LogP contribution in [-0.4, -0.2) is 33.2 Å². The van der Waals surface area contributed by atoms with Crippen LogP contribution in [0.2, 0.25) is 0 Å². The molecule has 7 nitrogen and oxygen atoms in total. The van der Waals surface area contributed by atoms with Gasteiger partial charge in [0.05, 0.1) is 17.5 Å². The van der Waals surface area contributed by atoms with Crippen molar-refractivity contribution in [2.45, 2.75) is 26.3 Å². The Morgan fingerprint density at radius 3 is 2.71 bits per heavy atom. The number of aliphatic carboxylic acids is 1. The molecule has 1 amide bonds. The summed E-state index contributed by atoms with van der Waals surface area (Å²) in [5, 5.41) is 15.1. The van der Waals surface area contributed by atoms with Gasteiger partial charge in [-0.1, -0.05) is 17.3 Å². The minimum atomic E-state index is -0.969. The lowest BCUT2D eigenvalue weighted by molar-refractivity contribution is -0.137. The maximum absolute atomic E-state index is 12.2. The Kier molecular flexibility index (Phi) is 4.32. The van der Waals surface area contributed by atoms with Crippen molar-refractivity contribution >= 4 is 11.9 Å². The highest BCUT2D eigenvalue weighted by Crippen LogP contribution is 2.22. The third-order valence-corrected chi connectivity index (χ3v) is 2.79. The SMILES string of the molecule is Cc1noc(-c2ccccc2C(=O)NC(C)CC(=O)O)n1. The summed E-state index contributed by atoms with van der Waals surface area (Å²) >= 11 is 0. The Morgan fingerprint density at radius 1 is 1.38 bits per heavy atom. The molecule has 7 heteroatoms. The summed E-state index contributed by atoms with van der Waals surface area (Å²) in [5.74, 6) is -0.623. The van der Waals surface area contributed by atoms with Crippen molar-refractivity contribution in [1.29, 1.82) is 0 Å². The van der Waals surface area contributed by atoms with Crippen LogP contribution in [0.3, 0.4) is 0 Å². The summed E-state index contributed by atoms with van der Waals surface area (Å²) in [7, 11) is 0. The van der Waals surface area contributed by atoms with E-state index in [1.807, 2.05) is 0 Å². The molecule has 1 heterocycles. The summed E-state index contributed by atoms with van der Waals surface area (Å²) in [6.07, 6.45) is -0.145. The van der Waals surface area contributed by atoms with E-state index in [9.17, 15) is 9.59 Å². The van der Waals surface area contributed by atoms with E-state index in [2.05, 4.69) is 15.5 Å². The fraction of sp³-hybridized carbons (Fsp3) is 0.286. The molecular weight excluding hydrogens is 274 g/mol. The van der Waals surface area contributed by atoms with Crippen LogP contribution in [0, 0.1) is 6.92 Å². The van der Waals surface area contributed by atoms with Gasteiger partial charge in [-0.25, -0.2) is 0 Å². The van der Waals surface area contributed by atoms with Crippen LogP contribution in [0.4, 0.5) is 0 Å². The average Bonchev–Trinajstić information content (AvgIpc) is 2.84. The molecule has 0 bridgehead atoms.